The lowest BCUT2D eigenvalue weighted by atomic mass is 9.98. The number of hydrogen-bond acceptors (Lipinski definition) is 6. The molecule has 0 spiro atoms. The Morgan fingerprint density at radius 1 is 1.15 bits per heavy atom. The SMILES string of the molecule is C[C@H](NOC1CCCCC1)C(=O)OP(=O)(Cl)Oc1cccc2ccccc12. The average molecular weight is 412 g/mol. The van der Waals surface area contributed by atoms with E-state index in [0.29, 0.717) is 5.75 Å². The molecule has 1 aliphatic rings. The van der Waals surface area contributed by atoms with Crippen LogP contribution >= 0.6 is 18.2 Å². The summed E-state index contributed by atoms with van der Waals surface area (Å²) >= 11 is 5.88. The van der Waals surface area contributed by atoms with Gasteiger partial charge in [0.1, 0.15) is 11.8 Å². The van der Waals surface area contributed by atoms with Gasteiger partial charge in [-0.05, 0) is 31.2 Å². The van der Waals surface area contributed by atoms with Crippen molar-refractivity contribution < 1.29 is 23.2 Å². The standard InChI is InChI=1S/C19H23ClNO5P/c1-14(21-24-16-10-3-2-4-11-16)19(22)26-27(20,23)25-18-13-7-9-15-8-5-6-12-17(15)18/h5-9,12-14,16,21H,2-4,10-11H2,1H3/t14-,27?/m0/s1. The largest absolute Gasteiger partial charge is 0.532 e. The summed E-state index contributed by atoms with van der Waals surface area (Å²) in [6.07, 6.45) is 5.41. The van der Waals surface area contributed by atoms with Crippen molar-refractivity contribution in [3.63, 3.8) is 0 Å². The zero-order chi connectivity index (χ0) is 19.3. The Bertz CT molecular complexity index is 834. The molecule has 1 N–H and O–H groups in total. The first kappa shape index (κ1) is 20.2. The maximum Gasteiger partial charge on any atom is 0.532 e. The van der Waals surface area contributed by atoms with Gasteiger partial charge in [0.2, 0.25) is 0 Å². The molecule has 27 heavy (non-hydrogen) atoms. The van der Waals surface area contributed by atoms with E-state index in [9.17, 15) is 9.36 Å². The van der Waals surface area contributed by atoms with E-state index in [0.717, 1.165) is 36.5 Å². The van der Waals surface area contributed by atoms with Gasteiger partial charge in [0.25, 0.3) is 0 Å². The first-order valence-corrected chi connectivity index (χ1v) is 11.5. The Balaban J connectivity index is 1.57. The van der Waals surface area contributed by atoms with E-state index in [1.807, 2.05) is 30.3 Å². The minimum Gasteiger partial charge on any atom is -0.404 e. The Hall–Kier alpha value is -1.59. The fraction of sp³-hybridized carbons (Fsp3) is 0.421. The number of rotatable bonds is 7. The molecule has 0 amide bonds. The third kappa shape index (κ3) is 5.69. The van der Waals surface area contributed by atoms with Crippen LogP contribution in [0.15, 0.2) is 42.5 Å². The van der Waals surface area contributed by atoms with Gasteiger partial charge in [0.05, 0.1) is 6.10 Å². The number of hydrogen-bond donors (Lipinski definition) is 1. The van der Waals surface area contributed by atoms with Gasteiger partial charge in [0, 0.05) is 16.6 Å². The average Bonchev–Trinajstić information content (AvgIpc) is 2.66. The van der Waals surface area contributed by atoms with Gasteiger partial charge in [-0.25, -0.2) is 9.36 Å². The Labute approximate surface area is 163 Å². The monoisotopic (exact) mass is 411 g/mol. The molecular formula is C19H23ClNO5P. The van der Waals surface area contributed by atoms with Crippen molar-refractivity contribution in [3.05, 3.63) is 42.5 Å². The van der Waals surface area contributed by atoms with E-state index in [1.165, 1.54) is 6.42 Å². The van der Waals surface area contributed by atoms with Crippen molar-refractivity contribution in [2.24, 2.45) is 0 Å². The predicted molar refractivity (Wildman–Crippen MR) is 105 cm³/mol. The maximum absolute atomic E-state index is 12.5. The van der Waals surface area contributed by atoms with Crippen LogP contribution in [0.5, 0.6) is 5.75 Å². The predicted octanol–water partition coefficient (Wildman–Crippen LogP) is 5.35. The topological polar surface area (TPSA) is 73.9 Å². The van der Waals surface area contributed by atoms with Crippen molar-refractivity contribution in [2.45, 2.75) is 51.2 Å². The van der Waals surface area contributed by atoms with Crippen molar-refractivity contribution in [2.75, 3.05) is 0 Å². The second-order valence-electron chi connectivity index (χ2n) is 6.63. The molecule has 1 saturated carbocycles. The van der Waals surface area contributed by atoms with E-state index < -0.39 is 19.0 Å². The number of carbonyl (C=O) groups is 1. The number of benzene rings is 2. The molecule has 1 aliphatic carbocycles. The van der Waals surface area contributed by atoms with Gasteiger partial charge in [0.15, 0.2) is 0 Å². The summed E-state index contributed by atoms with van der Waals surface area (Å²) in [7, 11) is 0. The molecule has 2 aromatic carbocycles. The number of carbonyl (C=O) groups excluding carboxylic acids is 1. The maximum atomic E-state index is 12.5. The summed E-state index contributed by atoms with van der Waals surface area (Å²) in [4.78, 5) is 17.7. The molecule has 0 bridgehead atoms. The van der Waals surface area contributed by atoms with Crippen molar-refractivity contribution in [1.82, 2.24) is 5.48 Å². The van der Waals surface area contributed by atoms with Crippen LogP contribution < -0.4 is 10.0 Å². The van der Waals surface area contributed by atoms with Crippen LogP contribution in [0.2, 0.25) is 0 Å². The summed E-state index contributed by atoms with van der Waals surface area (Å²) in [5.74, 6) is -0.511. The van der Waals surface area contributed by atoms with Gasteiger partial charge in [-0.3, -0.25) is 4.84 Å². The molecule has 1 unspecified atom stereocenters. The highest BCUT2D eigenvalue weighted by Crippen LogP contribution is 2.54. The normalized spacial score (nSPS) is 18.6. The molecule has 3 rings (SSSR count). The van der Waals surface area contributed by atoms with Crippen LogP contribution in [0.4, 0.5) is 0 Å². The smallest absolute Gasteiger partial charge is 0.404 e. The minimum atomic E-state index is -4.16. The molecule has 0 heterocycles. The molecule has 0 aliphatic heterocycles. The van der Waals surface area contributed by atoms with Crippen molar-refractivity contribution >= 4 is 34.9 Å². The van der Waals surface area contributed by atoms with Crippen molar-refractivity contribution in [3.8, 4) is 5.75 Å². The summed E-state index contributed by atoms with van der Waals surface area (Å²) < 4.78 is 22.7. The molecule has 6 nitrogen and oxygen atoms in total. The number of fused-ring (bicyclic) bond motifs is 1. The quantitative estimate of drug-likeness (QED) is 0.489. The Morgan fingerprint density at radius 2 is 1.85 bits per heavy atom. The number of halogens is 1. The second-order valence-corrected chi connectivity index (χ2v) is 9.10. The number of hydroxylamine groups is 1. The zero-order valence-corrected chi connectivity index (χ0v) is 16.7. The molecule has 0 radical (unpaired) electrons. The van der Waals surface area contributed by atoms with Gasteiger partial charge >= 0.3 is 12.9 Å². The van der Waals surface area contributed by atoms with Crippen LogP contribution in [0.3, 0.4) is 0 Å². The molecule has 2 atom stereocenters. The van der Waals surface area contributed by atoms with Crippen LogP contribution in [0.25, 0.3) is 10.8 Å². The summed E-state index contributed by atoms with van der Waals surface area (Å²) in [5.41, 5.74) is 2.66. The van der Waals surface area contributed by atoms with E-state index in [1.54, 1.807) is 19.1 Å². The first-order valence-electron chi connectivity index (χ1n) is 9.06. The van der Waals surface area contributed by atoms with Gasteiger partial charge in [-0.2, -0.15) is 5.48 Å². The fourth-order valence-electron chi connectivity index (χ4n) is 3.03. The summed E-state index contributed by atoms with van der Waals surface area (Å²) in [5, 5.41) is 1.62. The van der Waals surface area contributed by atoms with E-state index in [4.69, 9.17) is 25.1 Å². The summed E-state index contributed by atoms with van der Waals surface area (Å²) in [6, 6.07) is 11.9. The van der Waals surface area contributed by atoms with Crippen LogP contribution in [0.1, 0.15) is 39.0 Å². The molecule has 0 aromatic heterocycles. The third-order valence-electron chi connectivity index (χ3n) is 4.47. The first-order chi connectivity index (χ1) is 12.9. The molecular weight excluding hydrogens is 389 g/mol. The Morgan fingerprint density at radius 3 is 2.63 bits per heavy atom. The van der Waals surface area contributed by atoms with Gasteiger partial charge in [-0.15, -0.1) is 0 Å². The van der Waals surface area contributed by atoms with E-state index in [2.05, 4.69) is 5.48 Å². The molecule has 146 valence electrons. The highest BCUT2D eigenvalue weighted by atomic mass is 35.7. The minimum absolute atomic E-state index is 0.0729. The highest BCUT2D eigenvalue weighted by Gasteiger charge is 2.31. The van der Waals surface area contributed by atoms with E-state index >= 15 is 0 Å². The third-order valence-corrected chi connectivity index (χ3v) is 5.70. The highest BCUT2D eigenvalue weighted by molar-refractivity contribution is 7.82. The van der Waals surface area contributed by atoms with Crippen LogP contribution in [-0.2, 0) is 18.7 Å². The van der Waals surface area contributed by atoms with Crippen molar-refractivity contribution in [1.29, 1.82) is 0 Å². The molecule has 2 aromatic rings. The Kier molecular flexibility index (Phi) is 6.77. The molecule has 0 saturated heterocycles. The zero-order valence-electron chi connectivity index (χ0n) is 15.1. The van der Waals surface area contributed by atoms with Crippen LogP contribution in [-0.4, -0.2) is 18.1 Å². The van der Waals surface area contributed by atoms with Crippen LogP contribution in [0, 0.1) is 0 Å². The number of nitrogens with one attached hydrogen (secondary N) is 1. The lowest BCUT2D eigenvalue weighted by molar-refractivity contribution is -0.143. The van der Waals surface area contributed by atoms with Gasteiger partial charge in [-0.1, -0.05) is 55.7 Å². The lowest BCUT2D eigenvalue weighted by Crippen LogP contribution is -2.38. The molecule has 8 heteroatoms. The molecule has 1 fully saturated rings. The van der Waals surface area contributed by atoms with Gasteiger partial charge < -0.3 is 9.05 Å². The second kappa shape index (κ2) is 9.07. The summed E-state index contributed by atoms with van der Waals surface area (Å²) in [6.45, 7) is -2.60. The fourth-order valence-corrected chi connectivity index (χ4v) is 4.26. The van der Waals surface area contributed by atoms with E-state index in [-0.39, 0.29) is 6.10 Å². The lowest BCUT2D eigenvalue weighted by Gasteiger charge is -2.23.